The molecule has 0 atom stereocenters. The summed E-state index contributed by atoms with van der Waals surface area (Å²) in [5.41, 5.74) is 0. The van der Waals surface area contributed by atoms with Gasteiger partial charge in [0.2, 0.25) is 5.91 Å². The Morgan fingerprint density at radius 1 is 0.862 bits per heavy atom. The molecule has 1 N–H and O–H groups in total. The summed E-state index contributed by atoms with van der Waals surface area (Å²) in [6.07, 6.45) is 11.5. The van der Waals surface area contributed by atoms with E-state index in [-0.39, 0.29) is 17.7 Å². The van der Waals surface area contributed by atoms with Crippen LogP contribution in [0.5, 0.6) is 0 Å². The number of rotatable bonds is 11. The number of hydrogen-bond acceptors (Lipinski definition) is 3. The molecule has 0 spiro atoms. The lowest BCUT2D eigenvalue weighted by atomic mass is 9.70. The van der Waals surface area contributed by atoms with E-state index in [4.69, 9.17) is 9.94 Å². The standard InChI is InChI=1S/C13H25NO2.C11H20O2/c1-5-10(6-2)7-11-8-12(9-11)13(15)14(3)16-4;1-3-8(4-2)5-9-6-10(7-9)11(12)13/h10-12H,5-9H2,1-4H3;8-10H,3-7H2,1-2H3,(H,12,13). The van der Waals surface area contributed by atoms with Crippen LogP contribution >= 0.6 is 0 Å². The largest absolute Gasteiger partial charge is 0.481 e. The number of aliphatic carboxylic acids is 1. The number of carboxylic acid groups (broad SMARTS) is 1. The summed E-state index contributed by atoms with van der Waals surface area (Å²) in [4.78, 5) is 27.2. The zero-order valence-electron chi connectivity index (χ0n) is 19.7. The third-order valence-electron chi connectivity index (χ3n) is 7.40. The van der Waals surface area contributed by atoms with Crippen molar-refractivity contribution in [2.24, 2.45) is 35.5 Å². The third-order valence-corrected chi connectivity index (χ3v) is 7.40. The summed E-state index contributed by atoms with van der Waals surface area (Å²) in [5, 5.41) is 10.1. The summed E-state index contributed by atoms with van der Waals surface area (Å²) in [6, 6.07) is 0. The van der Waals surface area contributed by atoms with Crippen molar-refractivity contribution >= 4 is 11.9 Å². The van der Waals surface area contributed by atoms with Crippen molar-refractivity contribution in [3.05, 3.63) is 0 Å². The van der Waals surface area contributed by atoms with Crippen molar-refractivity contribution in [3.63, 3.8) is 0 Å². The van der Waals surface area contributed by atoms with Gasteiger partial charge in [0.25, 0.3) is 0 Å². The molecule has 0 aliphatic heterocycles. The SMILES string of the molecule is CCC(CC)CC1CC(C(=O)N(C)OC)C1.CCC(CC)CC1CC(C(=O)O)C1. The van der Waals surface area contributed by atoms with Crippen LogP contribution in [0.4, 0.5) is 0 Å². The van der Waals surface area contributed by atoms with E-state index in [1.54, 1.807) is 7.05 Å². The second kappa shape index (κ2) is 13.3. The van der Waals surface area contributed by atoms with E-state index in [9.17, 15) is 9.59 Å². The molecule has 0 radical (unpaired) electrons. The van der Waals surface area contributed by atoms with Crippen LogP contribution in [0.1, 0.15) is 91.9 Å². The van der Waals surface area contributed by atoms with E-state index in [1.165, 1.54) is 50.7 Å². The molecule has 0 unspecified atom stereocenters. The van der Waals surface area contributed by atoms with Crippen molar-refractivity contribution in [1.82, 2.24) is 5.06 Å². The minimum atomic E-state index is -0.596. The first-order chi connectivity index (χ1) is 13.8. The predicted molar refractivity (Wildman–Crippen MR) is 117 cm³/mol. The molecule has 0 aromatic rings. The number of carbonyl (C=O) groups excluding carboxylic acids is 1. The minimum Gasteiger partial charge on any atom is -0.481 e. The van der Waals surface area contributed by atoms with Crippen LogP contribution in [0.15, 0.2) is 0 Å². The van der Waals surface area contributed by atoms with Gasteiger partial charge in [0, 0.05) is 13.0 Å². The molecule has 1 amide bonds. The normalized spacial score (nSPS) is 25.7. The smallest absolute Gasteiger partial charge is 0.306 e. The molecule has 29 heavy (non-hydrogen) atoms. The quantitative estimate of drug-likeness (QED) is 0.437. The summed E-state index contributed by atoms with van der Waals surface area (Å²) in [6.45, 7) is 8.96. The Morgan fingerprint density at radius 3 is 1.55 bits per heavy atom. The average Bonchev–Trinajstić information content (AvgIpc) is 2.65. The molecule has 2 fully saturated rings. The van der Waals surface area contributed by atoms with Crippen molar-refractivity contribution in [2.45, 2.75) is 91.9 Å². The maximum atomic E-state index is 11.7. The Bertz CT molecular complexity index is 475. The van der Waals surface area contributed by atoms with Crippen LogP contribution in [0.2, 0.25) is 0 Å². The van der Waals surface area contributed by atoms with Crippen LogP contribution < -0.4 is 0 Å². The average molecular weight is 412 g/mol. The van der Waals surface area contributed by atoms with Crippen LogP contribution in [-0.4, -0.2) is 36.2 Å². The Balaban J connectivity index is 0.000000296. The van der Waals surface area contributed by atoms with Crippen LogP contribution in [0.25, 0.3) is 0 Å². The van der Waals surface area contributed by atoms with Gasteiger partial charge in [-0.15, -0.1) is 0 Å². The number of carbonyl (C=O) groups is 2. The third kappa shape index (κ3) is 8.27. The fourth-order valence-electron chi connectivity index (χ4n) is 4.79. The molecular weight excluding hydrogens is 366 g/mol. The van der Waals surface area contributed by atoms with Gasteiger partial charge in [-0.1, -0.05) is 53.4 Å². The number of carboxylic acids is 1. The molecule has 0 aromatic carbocycles. The van der Waals surface area contributed by atoms with Crippen molar-refractivity contribution in [2.75, 3.05) is 14.2 Å². The monoisotopic (exact) mass is 411 g/mol. The highest BCUT2D eigenvalue weighted by molar-refractivity contribution is 5.78. The zero-order chi connectivity index (χ0) is 22.0. The molecule has 5 nitrogen and oxygen atoms in total. The first kappa shape index (κ1) is 25.9. The summed E-state index contributed by atoms with van der Waals surface area (Å²) >= 11 is 0. The minimum absolute atomic E-state index is 0.0284. The van der Waals surface area contributed by atoms with E-state index in [0.717, 1.165) is 43.4 Å². The highest BCUT2D eigenvalue weighted by atomic mass is 16.7. The molecule has 0 aromatic heterocycles. The van der Waals surface area contributed by atoms with Crippen molar-refractivity contribution in [3.8, 4) is 0 Å². The molecule has 170 valence electrons. The van der Waals surface area contributed by atoms with Crippen molar-refractivity contribution in [1.29, 1.82) is 0 Å². The van der Waals surface area contributed by atoms with Gasteiger partial charge < -0.3 is 5.11 Å². The second-order valence-electron chi connectivity index (χ2n) is 9.26. The molecule has 0 heterocycles. The first-order valence-electron chi connectivity index (χ1n) is 11.8. The molecule has 2 aliphatic carbocycles. The maximum Gasteiger partial charge on any atom is 0.306 e. The molecular formula is C24H45NO4. The van der Waals surface area contributed by atoms with Crippen molar-refractivity contribution < 1.29 is 19.5 Å². The highest BCUT2D eigenvalue weighted by Crippen LogP contribution is 2.40. The predicted octanol–water partition coefficient (Wildman–Crippen LogP) is 5.78. The Kier molecular flexibility index (Phi) is 11.9. The van der Waals surface area contributed by atoms with Gasteiger partial charge in [-0.05, 0) is 62.2 Å². The van der Waals surface area contributed by atoms with Crippen LogP contribution in [-0.2, 0) is 14.4 Å². The molecule has 2 aliphatic rings. The lowest BCUT2D eigenvalue weighted by molar-refractivity contribution is -0.178. The summed E-state index contributed by atoms with van der Waals surface area (Å²) < 4.78 is 0. The van der Waals surface area contributed by atoms with Gasteiger partial charge in [0.05, 0.1) is 13.0 Å². The second-order valence-corrected chi connectivity index (χ2v) is 9.26. The topological polar surface area (TPSA) is 66.8 Å². The fraction of sp³-hybridized carbons (Fsp3) is 0.917. The summed E-state index contributed by atoms with van der Waals surface area (Å²) in [7, 11) is 3.23. The lowest BCUT2D eigenvalue weighted by Gasteiger charge is -2.37. The zero-order valence-corrected chi connectivity index (χ0v) is 19.7. The first-order valence-corrected chi connectivity index (χ1v) is 11.8. The Morgan fingerprint density at radius 2 is 1.24 bits per heavy atom. The Labute approximate surface area is 178 Å². The molecule has 0 bridgehead atoms. The number of nitrogens with zero attached hydrogens (tertiary/aromatic N) is 1. The van der Waals surface area contributed by atoms with Gasteiger partial charge in [0.15, 0.2) is 0 Å². The molecule has 2 rings (SSSR count). The molecule has 5 heteroatoms. The highest BCUT2D eigenvalue weighted by Gasteiger charge is 2.37. The van der Waals surface area contributed by atoms with Gasteiger partial charge in [0.1, 0.15) is 0 Å². The molecule has 2 saturated carbocycles. The van der Waals surface area contributed by atoms with Gasteiger partial charge in [-0.3, -0.25) is 14.4 Å². The fourth-order valence-corrected chi connectivity index (χ4v) is 4.79. The number of hydrogen-bond donors (Lipinski definition) is 1. The Hall–Kier alpha value is -1.10. The summed E-state index contributed by atoms with van der Waals surface area (Å²) in [5.74, 6) is 2.86. The van der Waals surface area contributed by atoms with E-state index >= 15 is 0 Å². The number of amides is 1. The lowest BCUT2D eigenvalue weighted by Crippen LogP contribution is -2.39. The maximum absolute atomic E-state index is 11.7. The van der Waals surface area contributed by atoms with Gasteiger partial charge in [-0.25, -0.2) is 5.06 Å². The van der Waals surface area contributed by atoms with Crippen LogP contribution in [0, 0.1) is 35.5 Å². The number of hydroxylamine groups is 2. The van der Waals surface area contributed by atoms with Crippen LogP contribution in [0.3, 0.4) is 0 Å². The van der Waals surface area contributed by atoms with E-state index in [0.29, 0.717) is 5.92 Å². The van der Waals surface area contributed by atoms with Gasteiger partial charge in [-0.2, -0.15) is 0 Å². The molecule has 0 saturated heterocycles. The van der Waals surface area contributed by atoms with E-state index < -0.39 is 5.97 Å². The van der Waals surface area contributed by atoms with E-state index in [2.05, 4.69) is 27.7 Å². The van der Waals surface area contributed by atoms with E-state index in [1.807, 2.05) is 0 Å². The van der Waals surface area contributed by atoms with Gasteiger partial charge >= 0.3 is 5.97 Å².